The molecule has 0 radical (unpaired) electrons. The number of anilines is 1. The quantitative estimate of drug-likeness (QED) is 0.877. The molecular weight excluding hydrogens is 244 g/mol. The van der Waals surface area contributed by atoms with E-state index in [2.05, 4.69) is 5.32 Å². The van der Waals surface area contributed by atoms with E-state index < -0.39 is 0 Å². The van der Waals surface area contributed by atoms with Crippen LogP contribution >= 0.6 is 0 Å². The van der Waals surface area contributed by atoms with Crippen molar-refractivity contribution in [1.82, 2.24) is 4.90 Å². The molecule has 0 spiro atoms. The molecule has 0 heterocycles. The summed E-state index contributed by atoms with van der Waals surface area (Å²) in [5, 5.41) is 2.77. The van der Waals surface area contributed by atoms with Crippen LogP contribution in [0.25, 0.3) is 0 Å². The first kappa shape index (κ1) is 13.4. The first-order valence-corrected chi connectivity index (χ1v) is 6.31. The van der Waals surface area contributed by atoms with E-state index in [4.69, 9.17) is 4.74 Å². The van der Waals surface area contributed by atoms with Crippen LogP contribution in [0.2, 0.25) is 0 Å². The Morgan fingerprint density at radius 2 is 2.16 bits per heavy atom. The number of hydrogen-bond acceptors (Lipinski definition) is 3. The molecule has 0 atom stereocenters. The normalized spacial score (nSPS) is 13.8. The van der Waals surface area contributed by atoms with Gasteiger partial charge in [0, 0.05) is 24.7 Å². The Hall–Kier alpha value is -2.04. The zero-order chi connectivity index (χ0) is 13.8. The lowest BCUT2D eigenvalue weighted by Gasteiger charge is -2.19. The predicted octanol–water partition coefficient (Wildman–Crippen LogP) is 1.64. The summed E-state index contributed by atoms with van der Waals surface area (Å²) in [5.74, 6) is 0.446. The van der Waals surface area contributed by atoms with Crippen LogP contribution in [0.4, 0.5) is 5.69 Å². The third kappa shape index (κ3) is 3.71. The van der Waals surface area contributed by atoms with Gasteiger partial charge in [0.05, 0.1) is 7.11 Å². The van der Waals surface area contributed by atoms with E-state index in [0.29, 0.717) is 11.4 Å². The molecule has 0 aromatic heterocycles. The van der Waals surface area contributed by atoms with E-state index in [-0.39, 0.29) is 24.4 Å². The molecule has 1 aromatic rings. The zero-order valence-corrected chi connectivity index (χ0v) is 11.2. The van der Waals surface area contributed by atoms with Crippen molar-refractivity contribution in [2.24, 2.45) is 0 Å². The zero-order valence-electron chi connectivity index (χ0n) is 11.2. The maximum Gasteiger partial charge on any atom is 0.244 e. The fraction of sp³-hybridized carbons (Fsp3) is 0.429. The van der Waals surface area contributed by atoms with E-state index in [1.54, 1.807) is 30.2 Å². The number of amides is 2. The number of carbonyl (C=O) groups excluding carboxylic acids is 2. The molecule has 2 amide bonds. The van der Waals surface area contributed by atoms with Crippen molar-refractivity contribution in [1.29, 1.82) is 0 Å². The minimum atomic E-state index is -0.185. The van der Waals surface area contributed by atoms with E-state index >= 15 is 0 Å². The van der Waals surface area contributed by atoms with Crippen molar-refractivity contribution in [2.75, 3.05) is 19.0 Å². The van der Waals surface area contributed by atoms with Crippen LogP contribution in [0.15, 0.2) is 24.3 Å². The van der Waals surface area contributed by atoms with Gasteiger partial charge in [0.2, 0.25) is 11.8 Å². The summed E-state index contributed by atoms with van der Waals surface area (Å²) in [7, 11) is 1.57. The van der Waals surface area contributed by atoms with Gasteiger partial charge >= 0.3 is 0 Å². The van der Waals surface area contributed by atoms with Gasteiger partial charge in [-0.2, -0.15) is 0 Å². The smallest absolute Gasteiger partial charge is 0.244 e. The average molecular weight is 262 g/mol. The molecule has 0 unspecified atom stereocenters. The summed E-state index contributed by atoms with van der Waals surface area (Å²) in [6, 6.07) is 7.39. The van der Waals surface area contributed by atoms with E-state index in [0.717, 1.165) is 12.8 Å². The lowest BCUT2D eigenvalue weighted by Crippen LogP contribution is -2.38. The third-order valence-corrected chi connectivity index (χ3v) is 3.06. The number of ether oxygens (including phenoxy) is 1. The van der Waals surface area contributed by atoms with Gasteiger partial charge in [-0.25, -0.2) is 0 Å². The lowest BCUT2D eigenvalue weighted by molar-refractivity contribution is -0.133. The molecule has 1 saturated carbocycles. The number of hydrogen-bond donors (Lipinski definition) is 1. The average Bonchev–Trinajstić information content (AvgIpc) is 3.20. The third-order valence-electron chi connectivity index (χ3n) is 3.06. The fourth-order valence-electron chi connectivity index (χ4n) is 1.94. The Balaban J connectivity index is 1.94. The molecule has 5 heteroatoms. The summed E-state index contributed by atoms with van der Waals surface area (Å²) in [4.78, 5) is 25.0. The summed E-state index contributed by atoms with van der Waals surface area (Å²) >= 11 is 0. The summed E-state index contributed by atoms with van der Waals surface area (Å²) in [6.07, 6.45) is 1.98. The Kier molecular flexibility index (Phi) is 4.04. The molecule has 5 nitrogen and oxygen atoms in total. The maximum absolute atomic E-state index is 11.9. The highest BCUT2D eigenvalue weighted by atomic mass is 16.5. The first-order valence-electron chi connectivity index (χ1n) is 6.31. The molecule has 0 aliphatic heterocycles. The van der Waals surface area contributed by atoms with Crippen molar-refractivity contribution in [2.45, 2.75) is 25.8 Å². The number of nitrogens with zero attached hydrogens (tertiary/aromatic N) is 1. The highest BCUT2D eigenvalue weighted by Gasteiger charge is 2.31. The minimum absolute atomic E-state index is 0.0525. The van der Waals surface area contributed by atoms with Crippen molar-refractivity contribution < 1.29 is 14.3 Å². The highest BCUT2D eigenvalue weighted by molar-refractivity contribution is 5.94. The van der Waals surface area contributed by atoms with Crippen LogP contribution in [-0.2, 0) is 9.59 Å². The van der Waals surface area contributed by atoms with E-state index in [1.165, 1.54) is 6.92 Å². The van der Waals surface area contributed by atoms with Gasteiger partial charge in [0.15, 0.2) is 0 Å². The maximum atomic E-state index is 11.9. The van der Waals surface area contributed by atoms with Gasteiger partial charge in [0.25, 0.3) is 0 Å². The second kappa shape index (κ2) is 5.73. The molecule has 19 heavy (non-hydrogen) atoms. The Morgan fingerprint density at radius 3 is 2.74 bits per heavy atom. The van der Waals surface area contributed by atoms with E-state index in [9.17, 15) is 9.59 Å². The molecule has 2 rings (SSSR count). The largest absolute Gasteiger partial charge is 0.497 e. The number of benzene rings is 1. The fourth-order valence-corrected chi connectivity index (χ4v) is 1.94. The number of nitrogens with one attached hydrogen (secondary N) is 1. The van der Waals surface area contributed by atoms with Crippen molar-refractivity contribution in [3.8, 4) is 5.75 Å². The number of carbonyl (C=O) groups is 2. The number of rotatable bonds is 5. The second-order valence-corrected chi connectivity index (χ2v) is 4.66. The van der Waals surface area contributed by atoms with Gasteiger partial charge < -0.3 is 15.0 Å². The highest BCUT2D eigenvalue weighted by Crippen LogP contribution is 2.26. The van der Waals surface area contributed by atoms with Crippen molar-refractivity contribution in [3.63, 3.8) is 0 Å². The summed E-state index contributed by atoms with van der Waals surface area (Å²) < 4.78 is 5.09. The monoisotopic (exact) mass is 262 g/mol. The van der Waals surface area contributed by atoms with Gasteiger partial charge in [-0.15, -0.1) is 0 Å². The summed E-state index contributed by atoms with van der Waals surface area (Å²) in [5.41, 5.74) is 0.670. The van der Waals surface area contributed by atoms with Crippen molar-refractivity contribution in [3.05, 3.63) is 24.3 Å². The Bertz CT molecular complexity index is 483. The van der Waals surface area contributed by atoms with Crippen LogP contribution in [-0.4, -0.2) is 36.4 Å². The molecule has 1 aliphatic rings. The molecule has 1 aromatic carbocycles. The van der Waals surface area contributed by atoms with Gasteiger partial charge in [-0.1, -0.05) is 6.07 Å². The van der Waals surface area contributed by atoms with Gasteiger partial charge in [-0.3, -0.25) is 9.59 Å². The molecule has 0 bridgehead atoms. The second-order valence-electron chi connectivity index (χ2n) is 4.66. The van der Waals surface area contributed by atoms with Crippen molar-refractivity contribution >= 4 is 17.5 Å². The number of methoxy groups -OCH3 is 1. The van der Waals surface area contributed by atoms with Gasteiger partial charge in [0.1, 0.15) is 12.3 Å². The van der Waals surface area contributed by atoms with Crippen LogP contribution in [0.5, 0.6) is 5.75 Å². The minimum Gasteiger partial charge on any atom is -0.497 e. The SMILES string of the molecule is COc1cccc(NC(=O)CN(C(C)=O)C2CC2)c1. The van der Waals surface area contributed by atoms with Crippen LogP contribution in [0.3, 0.4) is 0 Å². The topological polar surface area (TPSA) is 58.6 Å². The molecule has 102 valence electrons. The lowest BCUT2D eigenvalue weighted by atomic mass is 10.3. The molecule has 1 N–H and O–H groups in total. The first-order chi connectivity index (χ1) is 9.10. The standard InChI is InChI=1S/C14H18N2O3/c1-10(17)16(12-6-7-12)9-14(18)15-11-4-3-5-13(8-11)19-2/h3-5,8,12H,6-7,9H2,1-2H3,(H,15,18). The summed E-state index contributed by atoms with van der Waals surface area (Å²) in [6.45, 7) is 1.61. The Labute approximate surface area is 112 Å². The van der Waals surface area contributed by atoms with Gasteiger partial charge in [-0.05, 0) is 25.0 Å². The Morgan fingerprint density at radius 1 is 1.42 bits per heavy atom. The van der Waals surface area contributed by atoms with E-state index in [1.807, 2.05) is 6.07 Å². The predicted molar refractivity (Wildman–Crippen MR) is 72.0 cm³/mol. The molecule has 0 saturated heterocycles. The van der Waals surface area contributed by atoms with Crippen LogP contribution < -0.4 is 10.1 Å². The molecule has 1 aliphatic carbocycles. The molecule has 1 fully saturated rings. The van der Waals surface area contributed by atoms with Crippen LogP contribution in [0, 0.1) is 0 Å². The van der Waals surface area contributed by atoms with Crippen LogP contribution in [0.1, 0.15) is 19.8 Å². The molecular formula is C14H18N2O3.